The Hall–Kier alpha value is -0.950. The Balaban J connectivity index is 2.81. The van der Waals surface area contributed by atoms with Gasteiger partial charge >= 0.3 is 5.97 Å². The lowest BCUT2D eigenvalue weighted by Crippen LogP contribution is -2.59. The van der Waals surface area contributed by atoms with Gasteiger partial charge in [-0.2, -0.15) is 0 Å². The Bertz CT molecular complexity index is 314. The SMILES string of the molecule is C=C(C)C(=O)OC1C(OC)OC(CC)C(O)C1O. The molecule has 2 N–H and O–H groups in total. The number of carbonyl (C=O) groups is 1. The van der Waals surface area contributed by atoms with Crippen LogP contribution in [0.2, 0.25) is 0 Å². The van der Waals surface area contributed by atoms with Gasteiger partial charge in [-0.25, -0.2) is 4.79 Å². The predicted octanol–water partition coefficient (Wildman–Crippen LogP) is -0.0226. The quantitative estimate of drug-likeness (QED) is 0.546. The molecule has 6 nitrogen and oxygen atoms in total. The number of aliphatic hydroxyl groups is 2. The Kier molecular flexibility index (Phi) is 5.28. The minimum absolute atomic E-state index is 0.198. The minimum atomic E-state index is -1.25. The highest BCUT2D eigenvalue weighted by Gasteiger charge is 2.46. The normalized spacial score (nSPS) is 36.2. The van der Waals surface area contributed by atoms with Crippen molar-refractivity contribution < 1.29 is 29.2 Å². The van der Waals surface area contributed by atoms with Crippen molar-refractivity contribution in [3.63, 3.8) is 0 Å². The van der Waals surface area contributed by atoms with Gasteiger partial charge < -0.3 is 24.4 Å². The van der Waals surface area contributed by atoms with Crippen molar-refractivity contribution in [3.05, 3.63) is 12.2 Å². The van der Waals surface area contributed by atoms with Crippen LogP contribution in [0.15, 0.2) is 12.2 Å². The van der Waals surface area contributed by atoms with E-state index in [0.717, 1.165) is 0 Å². The highest BCUT2D eigenvalue weighted by atomic mass is 16.7. The molecule has 0 bridgehead atoms. The van der Waals surface area contributed by atoms with Crippen LogP contribution in [0.4, 0.5) is 0 Å². The van der Waals surface area contributed by atoms with Crippen LogP contribution in [0, 0.1) is 0 Å². The fourth-order valence-electron chi connectivity index (χ4n) is 1.78. The van der Waals surface area contributed by atoms with Gasteiger partial charge in [0.05, 0.1) is 6.10 Å². The number of hydrogen-bond donors (Lipinski definition) is 2. The predicted molar refractivity (Wildman–Crippen MR) is 62.7 cm³/mol. The monoisotopic (exact) mass is 260 g/mol. The van der Waals surface area contributed by atoms with Crippen molar-refractivity contribution in [3.8, 4) is 0 Å². The van der Waals surface area contributed by atoms with E-state index in [0.29, 0.717) is 6.42 Å². The molecule has 6 heteroatoms. The molecule has 18 heavy (non-hydrogen) atoms. The summed E-state index contributed by atoms with van der Waals surface area (Å²) >= 11 is 0. The largest absolute Gasteiger partial charge is 0.451 e. The van der Waals surface area contributed by atoms with Crippen LogP contribution in [-0.2, 0) is 19.0 Å². The third kappa shape index (κ3) is 3.08. The fraction of sp³-hybridized carbons (Fsp3) is 0.750. The number of ether oxygens (including phenoxy) is 3. The lowest BCUT2D eigenvalue weighted by atomic mass is 9.97. The highest BCUT2D eigenvalue weighted by molar-refractivity contribution is 5.87. The van der Waals surface area contributed by atoms with Crippen LogP contribution >= 0.6 is 0 Å². The van der Waals surface area contributed by atoms with Gasteiger partial charge in [-0.1, -0.05) is 13.5 Å². The minimum Gasteiger partial charge on any atom is -0.451 e. The summed E-state index contributed by atoms with van der Waals surface area (Å²) < 4.78 is 15.5. The number of methoxy groups -OCH3 is 1. The number of esters is 1. The average Bonchev–Trinajstić information content (AvgIpc) is 2.35. The summed E-state index contributed by atoms with van der Waals surface area (Å²) in [6, 6.07) is 0. The van der Waals surface area contributed by atoms with Crippen LogP contribution in [0.25, 0.3) is 0 Å². The van der Waals surface area contributed by atoms with Crippen LogP contribution in [-0.4, -0.2) is 54.0 Å². The molecule has 1 fully saturated rings. The molecule has 1 aliphatic heterocycles. The van der Waals surface area contributed by atoms with E-state index in [1.54, 1.807) is 0 Å². The molecule has 0 radical (unpaired) electrons. The van der Waals surface area contributed by atoms with E-state index in [9.17, 15) is 15.0 Å². The van der Waals surface area contributed by atoms with Gasteiger partial charge in [0.25, 0.3) is 0 Å². The first kappa shape index (κ1) is 15.1. The summed E-state index contributed by atoms with van der Waals surface area (Å²) in [5.41, 5.74) is 0.198. The maximum Gasteiger partial charge on any atom is 0.333 e. The lowest BCUT2D eigenvalue weighted by molar-refractivity contribution is -0.293. The first-order valence-corrected chi connectivity index (χ1v) is 5.83. The van der Waals surface area contributed by atoms with Gasteiger partial charge in [0.1, 0.15) is 12.2 Å². The van der Waals surface area contributed by atoms with E-state index in [1.807, 2.05) is 6.92 Å². The second-order valence-electron chi connectivity index (χ2n) is 4.32. The Labute approximate surface area is 106 Å². The standard InChI is InChI=1S/C12H20O6/c1-5-7-8(13)9(14)10(12(16-4)17-7)18-11(15)6(2)3/h7-10,12-14H,2,5H2,1,3-4H3. The molecular weight excluding hydrogens is 240 g/mol. The zero-order valence-corrected chi connectivity index (χ0v) is 10.8. The lowest BCUT2D eigenvalue weighted by Gasteiger charge is -2.41. The van der Waals surface area contributed by atoms with Crippen LogP contribution in [0.5, 0.6) is 0 Å². The van der Waals surface area contributed by atoms with Gasteiger partial charge in [0.15, 0.2) is 12.4 Å². The van der Waals surface area contributed by atoms with E-state index in [-0.39, 0.29) is 5.57 Å². The topological polar surface area (TPSA) is 85.2 Å². The zero-order valence-electron chi connectivity index (χ0n) is 10.8. The first-order chi connectivity index (χ1) is 8.42. The Morgan fingerprint density at radius 1 is 1.39 bits per heavy atom. The van der Waals surface area contributed by atoms with E-state index >= 15 is 0 Å². The maximum absolute atomic E-state index is 11.5. The van der Waals surface area contributed by atoms with Crippen LogP contribution in [0.3, 0.4) is 0 Å². The maximum atomic E-state index is 11.5. The molecule has 0 amide bonds. The van der Waals surface area contributed by atoms with Crippen molar-refractivity contribution in [1.82, 2.24) is 0 Å². The van der Waals surface area contributed by atoms with Crippen molar-refractivity contribution in [2.24, 2.45) is 0 Å². The number of hydrogen-bond acceptors (Lipinski definition) is 6. The fourth-order valence-corrected chi connectivity index (χ4v) is 1.78. The van der Waals surface area contributed by atoms with Gasteiger partial charge in [-0.3, -0.25) is 0 Å². The molecule has 0 aromatic rings. The van der Waals surface area contributed by atoms with Gasteiger partial charge in [-0.05, 0) is 13.3 Å². The van der Waals surface area contributed by atoms with Gasteiger partial charge in [0, 0.05) is 12.7 Å². The van der Waals surface area contributed by atoms with Crippen molar-refractivity contribution in [1.29, 1.82) is 0 Å². The number of rotatable bonds is 4. The van der Waals surface area contributed by atoms with E-state index in [2.05, 4.69) is 6.58 Å². The summed E-state index contributed by atoms with van der Waals surface area (Å²) in [4.78, 5) is 11.5. The van der Waals surface area contributed by atoms with E-state index < -0.39 is 36.7 Å². The molecule has 1 aliphatic rings. The van der Waals surface area contributed by atoms with Crippen molar-refractivity contribution in [2.45, 2.75) is 51.0 Å². The summed E-state index contributed by atoms with van der Waals surface area (Å²) in [5.74, 6) is -0.660. The molecule has 0 aromatic carbocycles. The zero-order chi connectivity index (χ0) is 13.9. The molecule has 1 heterocycles. The molecule has 5 unspecified atom stereocenters. The highest BCUT2D eigenvalue weighted by Crippen LogP contribution is 2.26. The molecule has 0 saturated carbocycles. The molecule has 1 saturated heterocycles. The Morgan fingerprint density at radius 3 is 2.44 bits per heavy atom. The second kappa shape index (κ2) is 6.29. The van der Waals surface area contributed by atoms with Crippen LogP contribution < -0.4 is 0 Å². The van der Waals surface area contributed by atoms with E-state index in [1.165, 1.54) is 14.0 Å². The molecule has 0 spiro atoms. The molecule has 5 atom stereocenters. The summed E-state index contributed by atoms with van der Waals surface area (Å²) in [5, 5.41) is 19.8. The third-order valence-electron chi connectivity index (χ3n) is 2.87. The van der Waals surface area contributed by atoms with Crippen molar-refractivity contribution in [2.75, 3.05) is 7.11 Å². The molecule has 0 aromatic heterocycles. The second-order valence-corrected chi connectivity index (χ2v) is 4.32. The Morgan fingerprint density at radius 2 is 2.00 bits per heavy atom. The van der Waals surface area contributed by atoms with Crippen LogP contribution in [0.1, 0.15) is 20.3 Å². The summed E-state index contributed by atoms with van der Waals surface area (Å²) in [7, 11) is 1.38. The number of aliphatic hydroxyl groups excluding tert-OH is 2. The first-order valence-electron chi connectivity index (χ1n) is 5.83. The van der Waals surface area contributed by atoms with Gasteiger partial charge in [0.2, 0.25) is 0 Å². The molecular formula is C12H20O6. The summed E-state index contributed by atoms with van der Waals surface area (Å²) in [6.07, 6.45) is -4.39. The molecule has 1 rings (SSSR count). The third-order valence-corrected chi connectivity index (χ3v) is 2.87. The molecule has 104 valence electrons. The smallest absolute Gasteiger partial charge is 0.333 e. The average molecular weight is 260 g/mol. The molecule has 0 aliphatic carbocycles. The van der Waals surface area contributed by atoms with Crippen molar-refractivity contribution >= 4 is 5.97 Å². The summed E-state index contributed by atoms with van der Waals surface area (Å²) in [6.45, 7) is 6.75. The van der Waals surface area contributed by atoms with Gasteiger partial charge in [-0.15, -0.1) is 0 Å². The number of carbonyl (C=O) groups excluding carboxylic acids is 1. The van der Waals surface area contributed by atoms with E-state index in [4.69, 9.17) is 14.2 Å².